The Morgan fingerprint density at radius 2 is 1.79 bits per heavy atom. The quantitative estimate of drug-likeness (QED) is 0.739. The first-order chi connectivity index (χ1) is 9.03. The van der Waals surface area contributed by atoms with Crippen LogP contribution in [0.1, 0.15) is 18.1 Å². The third kappa shape index (κ3) is 3.84. The molecular weight excluding hydrogens is 252 g/mol. The van der Waals surface area contributed by atoms with Crippen LogP contribution in [0.5, 0.6) is 11.5 Å². The van der Waals surface area contributed by atoms with E-state index >= 15 is 0 Å². The van der Waals surface area contributed by atoms with Crippen LogP contribution in [0.25, 0.3) is 0 Å². The lowest BCUT2D eigenvalue weighted by molar-refractivity contribution is -0.144. The van der Waals surface area contributed by atoms with Crippen LogP contribution in [0.2, 0.25) is 0 Å². The van der Waals surface area contributed by atoms with Crippen molar-refractivity contribution in [1.82, 2.24) is 0 Å². The molecule has 2 unspecified atom stereocenters. The molecule has 0 aliphatic rings. The van der Waals surface area contributed by atoms with Gasteiger partial charge < -0.3 is 24.4 Å². The number of aliphatic hydroxyl groups is 2. The number of esters is 1. The summed E-state index contributed by atoms with van der Waals surface area (Å²) in [6.07, 6.45) is -2.74. The zero-order valence-electron chi connectivity index (χ0n) is 11.1. The van der Waals surface area contributed by atoms with E-state index in [0.29, 0.717) is 17.1 Å². The van der Waals surface area contributed by atoms with Crippen molar-refractivity contribution in [2.24, 2.45) is 0 Å². The zero-order chi connectivity index (χ0) is 14.4. The molecule has 0 fully saturated rings. The fourth-order valence-corrected chi connectivity index (χ4v) is 1.62. The number of hydrogen-bond donors (Lipinski definition) is 2. The number of rotatable bonds is 6. The summed E-state index contributed by atoms with van der Waals surface area (Å²) in [6.45, 7) is 0. The van der Waals surface area contributed by atoms with Crippen molar-refractivity contribution in [2.75, 3.05) is 21.3 Å². The first-order valence-electron chi connectivity index (χ1n) is 5.68. The highest BCUT2D eigenvalue weighted by molar-refractivity contribution is 5.69. The van der Waals surface area contributed by atoms with Gasteiger partial charge in [0.2, 0.25) is 0 Å². The van der Waals surface area contributed by atoms with E-state index in [4.69, 9.17) is 9.47 Å². The number of benzene rings is 1. The maximum absolute atomic E-state index is 11.0. The van der Waals surface area contributed by atoms with Gasteiger partial charge in [0.15, 0.2) is 11.5 Å². The predicted octanol–water partition coefficient (Wildman–Crippen LogP) is 0.661. The van der Waals surface area contributed by atoms with Gasteiger partial charge >= 0.3 is 5.97 Å². The van der Waals surface area contributed by atoms with Crippen molar-refractivity contribution in [3.05, 3.63) is 23.8 Å². The predicted molar refractivity (Wildman–Crippen MR) is 67.1 cm³/mol. The van der Waals surface area contributed by atoms with Gasteiger partial charge in [0, 0.05) is 0 Å². The Bertz CT molecular complexity index is 431. The van der Waals surface area contributed by atoms with Gasteiger partial charge in [0.05, 0.1) is 33.9 Å². The number of carbonyl (C=O) groups excluding carboxylic acids is 1. The fourth-order valence-electron chi connectivity index (χ4n) is 1.62. The van der Waals surface area contributed by atoms with Crippen LogP contribution in [0.3, 0.4) is 0 Å². The molecule has 2 atom stereocenters. The molecule has 0 spiro atoms. The Kier molecular flexibility index (Phi) is 5.59. The maximum Gasteiger partial charge on any atom is 0.308 e. The largest absolute Gasteiger partial charge is 0.493 e. The summed E-state index contributed by atoms with van der Waals surface area (Å²) in [6, 6.07) is 4.75. The Hall–Kier alpha value is -1.79. The van der Waals surface area contributed by atoms with Crippen molar-refractivity contribution in [2.45, 2.75) is 18.6 Å². The van der Waals surface area contributed by atoms with E-state index < -0.39 is 18.2 Å². The Labute approximate surface area is 111 Å². The molecule has 0 aliphatic heterocycles. The van der Waals surface area contributed by atoms with Crippen molar-refractivity contribution >= 4 is 5.97 Å². The molecule has 0 bridgehead atoms. The van der Waals surface area contributed by atoms with Crippen LogP contribution in [-0.2, 0) is 9.53 Å². The average molecular weight is 270 g/mol. The standard InChI is InChI=1S/C13H18O6/c1-17-10-5-4-8(6-11(10)18-2)13(16)9(14)7-12(15)19-3/h4-6,9,13-14,16H,7H2,1-3H3. The molecule has 1 rings (SSSR count). The summed E-state index contributed by atoms with van der Waals surface area (Å²) in [5.41, 5.74) is 0.425. The minimum Gasteiger partial charge on any atom is -0.493 e. The minimum absolute atomic E-state index is 0.286. The van der Waals surface area contributed by atoms with E-state index in [1.54, 1.807) is 18.2 Å². The van der Waals surface area contributed by atoms with E-state index in [-0.39, 0.29) is 6.42 Å². The number of carbonyl (C=O) groups is 1. The van der Waals surface area contributed by atoms with Crippen molar-refractivity contribution in [3.63, 3.8) is 0 Å². The van der Waals surface area contributed by atoms with Gasteiger partial charge in [-0.05, 0) is 17.7 Å². The van der Waals surface area contributed by atoms with E-state index in [1.807, 2.05) is 0 Å². The summed E-state index contributed by atoms with van der Waals surface area (Å²) in [5.74, 6) is 0.359. The third-order valence-electron chi connectivity index (χ3n) is 2.72. The van der Waals surface area contributed by atoms with Crippen LogP contribution in [0, 0.1) is 0 Å². The summed E-state index contributed by atoms with van der Waals surface area (Å²) in [7, 11) is 4.19. The monoisotopic (exact) mass is 270 g/mol. The number of hydrogen-bond acceptors (Lipinski definition) is 6. The van der Waals surface area contributed by atoms with Crippen LogP contribution in [-0.4, -0.2) is 43.6 Å². The average Bonchev–Trinajstić information content (AvgIpc) is 2.45. The van der Waals surface area contributed by atoms with Crippen LogP contribution in [0.15, 0.2) is 18.2 Å². The second-order valence-electron chi connectivity index (χ2n) is 3.91. The maximum atomic E-state index is 11.0. The van der Waals surface area contributed by atoms with Crippen LogP contribution < -0.4 is 9.47 Å². The Morgan fingerprint density at radius 1 is 1.16 bits per heavy atom. The number of aliphatic hydroxyl groups excluding tert-OH is 2. The Morgan fingerprint density at radius 3 is 2.32 bits per heavy atom. The molecule has 1 aromatic carbocycles. The van der Waals surface area contributed by atoms with E-state index in [2.05, 4.69) is 4.74 Å². The van der Waals surface area contributed by atoms with E-state index in [1.165, 1.54) is 21.3 Å². The van der Waals surface area contributed by atoms with Gasteiger partial charge in [-0.15, -0.1) is 0 Å². The molecule has 0 aromatic heterocycles. The normalized spacial score (nSPS) is 13.5. The van der Waals surface area contributed by atoms with Gasteiger partial charge in [0.25, 0.3) is 0 Å². The fraction of sp³-hybridized carbons (Fsp3) is 0.462. The molecule has 1 aromatic rings. The zero-order valence-corrected chi connectivity index (χ0v) is 11.1. The SMILES string of the molecule is COC(=O)CC(O)C(O)c1ccc(OC)c(OC)c1. The number of ether oxygens (including phenoxy) is 3. The highest BCUT2D eigenvalue weighted by Crippen LogP contribution is 2.31. The molecule has 2 N–H and O–H groups in total. The van der Waals surface area contributed by atoms with Crippen molar-refractivity contribution in [1.29, 1.82) is 0 Å². The molecule has 0 radical (unpaired) electrons. The topological polar surface area (TPSA) is 85.2 Å². The highest BCUT2D eigenvalue weighted by atomic mass is 16.5. The summed E-state index contributed by atoms with van der Waals surface area (Å²) >= 11 is 0. The van der Waals surface area contributed by atoms with Crippen molar-refractivity contribution in [3.8, 4) is 11.5 Å². The number of methoxy groups -OCH3 is 3. The molecule has 19 heavy (non-hydrogen) atoms. The minimum atomic E-state index is -1.24. The van der Waals surface area contributed by atoms with Crippen LogP contribution >= 0.6 is 0 Å². The molecule has 0 saturated heterocycles. The summed E-state index contributed by atoms with van der Waals surface area (Å²) in [5, 5.41) is 19.7. The molecule has 0 saturated carbocycles. The smallest absolute Gasteiger partial charge is 0.308 e. The molecular formula is C13H18O6. The summed E-state index contributed by atoms with van der Waals surface area (Å²) in [4.78, 5) is 11.0. The lowest BCUT2D eigenvalue weighted by atomic mass is 10.0. The molecule has 106 valence electrons. The van der Waals surface area contributed by atoms with Gasteiger partial charge in [-0.2, -0.15) is 0 Å². The summed E-state index contributed by atoms with van der Waals surface area (Å²) < 4.78 is 14.6. The second-order valence-corrected chi connectivity index (χ2v) is 3.91. The molecule has 0 aliphatic carbocycles. The molecule has 6 nitrogen and oxygen atoms in total. The van der Waals surface area contributed by atoms with Crippen molar-refractivity contribution < 1.29 is 29.2 Å². The molecule has 6 heteroatoms. The van der Waals surface area contributed by atoms with Gasteiger partial charge in [-0.1, -0.05) is 6.07 Å². The Balaban J connectivity index is 2.87. The molecule has 0 amide bonds. The highest BCUT2D eigenvalue weighted by Gasteiger charge is 2.22. The van der Waals surface area contributed by atoms with Gasteiger partial charge in [0.1, 0.15) is 6.10 Å². The van der Waals surface area contributed by atoms with E-state index in [9.17, 15) is 15.0 Å². The second kappa shape index (κ2) is 6.96. The van der Waals surface area contributed by atoms with Gasteiger partial charge in [-0.25, -0.2) is 0 Å². The van der Waals surface area contributed by atoms with E-state index in [0.717, 1.165) is 0 Å². The third-order valence-corrected chi connectivity index (χ3v) is 2.72. The lowest BCUT2D eigenvalue weighted by Gasteiger charge is -2.18. The van der Waals surface area contributed by atoms with Gasteiger partial charge in [-0.3, -0.25) is 4.79 Å². The first-order valence-corrected chi connectivity index (χ1v) is 5.68. The first kappa shape index (κ1) is 15.3. The van der Waals surface area contributed by atoms with Crippen LogP contribution in [0.4, 0.5) is 0 Å². The molecule has 0 heterocycles. The lowest BCUT2D eigenvalue weighted by Crippen LogP contribution is -2.22.